The molecule has 1 heterocycles. The first kappa shape index (κ1) is 12.7. The van der Waals surface area contributed by atoms with E-state index in [0.717, 1.165) is 5.39 Å². The maximum Gasteiger partial charge on any atom is 0.246 e. The summed E-state index contributed by atoms with van der Waals surface area (Å²) >= 11 is 5.48. The van der Waals surface area contributed by atoms with E-state index in [9.17, 15) is 0 Å². The lowest BCUT2D eigenvalue weighted by atomic mass is 10.2. The summed E-state index contributed by atoms with van der Waals surface area (Å²) in [4.78, 5) is 0. The van der Waals surface area contributed by atoms with Crippen LogP contribution in [0.4, 0.5) is 0 Å². The van der Waals surface area contributed by atoms with E-state index in [1.807, 2.05) is 24.3 Å². The van der Waals surface area contributed by atoms with Gasteiger partial charge in [-0.2, -0.15) is 5.26 Å². The van der Waals surface area contributed by atoms with E-state index in [4.69, 9.17) is 30.8 Å². The average molecular weight is 266 g/mol. The van der Waals surface area contributed by atoms with E-state index in [2.05, 4.69) is 0 Å². The van der Waals surface area contributed by atoms with E-state index in [0.29, 0.717) is 37.0 Å². The molecule has 0 saturated carbocycles. The molecule has 0 unspecified atom stereocenters. The number of alkyl halides is 1. The third kappa shape index (κ3) is 2.76. The van der Waals surface area contributed by atoms with Crippen molar-refractivity contribution in [3.05, 3.63) is 30.0 Å². The summed E-state index contributed by atoms with van der Waals surface area (Å²) in [7, 11) is 0. The molecule has 1 aromatic carbocycles. The summed E-state index contributed by atoms with van der Waals surface area (Å²) in [6.07, 6.45) is 0. The number of furan rings is 1. The number of hydrogen-bond donors (Lipinski definition) is 0. The maximum absolute atomic E-state index is 8.99. The molecule has 94 valence electrons. The van der Waals surface area contributed by atoms with E-state index in [-0.39, 0.29) is 5.76 Å². The number of fused-ring (bicyclic) bond motifs is 1. The van der Waals surface area contributed by atoms with Gasteiger partial charge in [0.2, 0.25) is 5.76 Å². The van der Waals surface area contributed by atoms with Gasteiger partial charge in [-0.25, -0.2) is 0 Å². The second-order valence-corrected chi connectivity index (χ2v) is 3.90. The Kier molecular flexibility index (Phi) is 4.46. The molecule has 0 amide bonds. The van der Waals surface area contributed by atoms with Gasteiger partial charge in [-0.3, -0.25) is 0 Å². The zero-order valence-corrected chi connectivity index (χ0v) is 10.4. The Balaban J connectivity index is 2.09. The van der Waals surface area contributed by atoms with Crippen molar-refractivity contribution >= 4 is 22.6 Å². The van der Waals surface area contributed by atoms with Crippen molar-refractivity contribution in [2.75, 3.05) is 25.7 Å². The van der Waals surface area contributed by atoms with Crippen LogP contribution in [0.25, 0.3) is 11.0 Å². The van der Waals surface area contributed by atoms with Gasteiger partial charge in [0, 0.05) is 5.88 Å². The highest BCUT2D eigenvalue weighted by Crippen LogP contribution is 2.32. The Labute approximate surface area is 110 Å². The third-order valence-corrected chi connectivity index (χ3v) is 2.50. The molecule has 2 rings (SSSR count). The lowest BCUT2D eigenvalue weighted by molar-refractivity contribution is 0.111. The predicted molar refractivity (Wildman–Crippen MR) is 68.0 cm³/mol. The highest BCUT2D eigenvalue weighted by molar-refractivity contribution is 6.17. The fraction of sp³-hybridized carbons (Fsp3) is 0.308. The van der Waals surface area contributed by atoms with Crippen molar-refractivity contribution < 1.29 is 13.9 Å². The van der Waals surface area contributed by atoms with Crippen molar-refractivity contribution in [2.45, 2.75) is 0 Å². The molecule has 0 aliphatic heterocycles. The Morgan fingerprint density at radius 3 is 2.83 bits per heavy atom. The van der Waals surface area contributed by atoms with Gasteiger partial charge in [-0.1, -0.05) is 12.1 Å². The Hall–Kier alpha value is -1.70. The largest absolute Gasteiger partial charge is 0.486 e. The summed E-state index contributed by atoms with van der Waals surface area (Å²) in [5.41, 5.74) is 0.644. The number of hydrogen-bond acceptors (Lipinski definition) is 4. The molecule has 0 aliphatic carbocycles. The number of benzene rings is 1. The van der Waals surface area contributed by atoms with E-state index in [1.165, 1.54) is 0 Å². The lowest BCUT2D eigenvalue weighted by Gasteiger charge is -2.04. The highest BCUT2D eigenvalue weighted by Gasteiger charge is 2.14. The van der Waals surface area contributed by atoms with Crippen molar-refractivity contribution in [2.24, 2.45) is 0 Å². The molecule has 0 radical (unpaired) electrons. The fourth-order valence-corrected chi connectivity index (χ4v) is 1.71. The molecule has 2 aromatic rings. The molecule has 5 heteroatoms. The maximum atomic E-state index is 8.99. The van der Waals surface area contributed by atoms with Crippen LogP contribution in [0.5, 0.6) is 5.75 Å². The summed E-state index contributed by atoms with van der Waals surface area (Å²) in [5, 5.41) is 9.79. The number of rotatable bonds is 6. The van der Waals surface area contributed by atoms with E-state index >= 15 is 0 Å². The Bertz CT molecular complexity index is 559. The van der Waals surface area contributed by atoms with Crippen LogP contribution in [0.3, 0.4) is 0 Å². The second kappa shape index (κ2) is 6.29. The number of halogens is 1. The minimum atomic E-state index is 0.188. The van der Waals surface area contributed by atoms with Gasteiger partial charge in [-0.15, -0.1) is 11.6 Å². The normalized spacial score (nSPS) is 10.4. The standard InChI is InChI=1S/C13H12ClNO3/c14-5-6-16-7-8-17-13-10-3-1-2-4-11(10)18-12(13)9-15/h1-4H,5-8H2. The topological polar surface area (TPSA) is 55.4 Å². The molecule has 0 N–H and O–H groups in total. The highest BCUT2D eigenvalue weighted by atomic mass is 35.5. The first-order chi connectivity index (χ1) is 8.86. The van der Waals surface area contributed by atoms with Crippen LogP contribution in [-0.2, 0) is 4.74 Å². The molecule has 1 aromatic heterocycles. The summed E-state index contributed by atoms with van der Waals surface area (Å²) in [6, 6.07) is 9.36. The van der Waals surface area contributed by atoms with Crippen LogP contribution in [0.2, 0.25) is 0 Å². The first-order valence-corrected chi connectivity index (χ1v) is 6.08. The number of para-hydroxylation sites is 1. The van der Waals surface area contributed by atoms with Crippen molar-refractivity contribution in [3.8, 4) is 11.8 Å². The summed E-state index contributed by atoms with van der Waals surface area (Å²) < 4.78 is 16.1. The monoisotopic (exact) mass is 265 g/mol. The molecule has 0 bridgehead atoms. The molecule has 0 aliphatic rings. The predicted octanol–water partition coefficient (Wildman–Crippen LogP) is 2.94. The first-order valence-electron chi connectivity index (χ1n) is 5.55. The van der Waals surface area contributed by atoms with Crippen LogP contribution in [0, 0.1) is 11.3 Å². The van der Waals surface area contributed by atoms with Crippen LogP contribution in [-0.4, -0.2) is 25.7 Å². The zero-order valence-electron chi connectivity index (χ0n) is 9.69. The van der Waals surface area contributed by atoms with Gasteiger partial charge in [0.1, 0.15) is 18.3 Å². The molecule has 0 saturated heterocycles. The molecular weight excluding hydrogens is 254 g/mol. The summed E-state index contributed by atoms with van der Waals surface area (Å²) in [5.74, 6) is 1.12. The van der Waals surface area contributed by atoms with Gasteiger partial charge in [-0.05, 0) is 12.1 Å². The number of nitriles is 1. The van der Waals surface area contributed by atoms with Crippen LogP contribution < -0.4 is 4.74 Å². The average Bonchev–Trinajstić information content (AvgIpc) is 2.77. The SMILES string of the molecule is N#Cc1oc2ccccc2c1OCCOCCCl. The quantitative estimate of drug-likeness (QED) is 0.595. The number of nitrogens with zero attached hydrogens (tertiary/aromatic N) is 1. The zero-order chi connectivity index (χ0) is 12.8. The van der Waals surface area contributed by atoms with Crippen molar-refractivity contribution in [1.82, 2.24) is 0 Å². The van der Waals surface area contributed by atoms with Crippen molar-refractivity contribution in [3.63, 3.8) is 0 Å². The summed E-state index contributed by atoms with van der Waals surface area (Å²) in [6.45, 7) is 1.27. The number of ether oxygens (including phenoxy) is 2. The minimum Gasteiger partial charge on any atom is -0.486 e. The van der Waals surface area contributed by atoms with E-state index < -0.39 is 0 Å². The van der Waals surface area contributed by atoms with E-state index in [1.54, 1.807) is 6.07 Å². The van der Waals surface area contributed by atoms with Crippen LogP contribution in [0.1, 0.15) is 5.76 Å². The molecule has 0 fully saturated rings. The molecular formula is C13H12ClNO3. The second-order valence-electron chi connectivity index (χ2n) is 3.52. The van der Waals surface area contributed by atoms with Crippen molar-refractivity contribution in [1.29, 1.82) is 5.26 Å². The molecule has 0 spiro atoms. The minimum absolute atomic E-state index is 0.188. The van der Waals surface area contributed by atoms with Crippen LogP contribution >= 0.6 is 11.6 Å². The third-order valence-electron chi connectivity index (χ3n) is 2.35. The van der Waals surface area contributed by atoms with Crippen LogP contribution in [0.15, 0.2) is 28.7 Å². The Morgan fingerprint density at radius 2 is 2.06 bits per heavy atom. The van der Waals surface area contributed by atoms with Gasteiger partial charge >= 0.3 is 0 Å². The Morgan fingerprint density at radius 1 is 1.22 bits per heavy atom. The molecule has 18 heavy (non-hydrogen) atoms. The fourth-order valence-electron chi connectivity index (χ4n) is 1.60. The smallest absolute Gasteiger partial charge is 0.246 e. The lowest BCUT2D eigenvalue weighted by Crippen LogP contribution is -2.08. The molecule has 0 atom stereocenters. The van der Waals surface area contributed by atoms with Gasteiger partial charge < -0.3 is 13.9 Å². The van der Waals surface area contributed by atoms with Gasteiger partial charge in [0.05, 0.1) is 18.6 Å². The molecule has 4 nitrogen and oxygen atoms in total. The van der Waals surface area contributed by atoms with Gasteiger partial charge in [0.25, 0.3) is 0 Å². The van der Waals surface area contributed by atoms with Gasteiger partial charge in [0.15, 0.2) is 5.75 Å².